The number of carboxylic acid groups (broad SMARTS) is 1. The molecular weight excluding hydrogens is 482 g/mol. The molecule has 0 aliphatic carbocycles. The number of pyridine rings is 1. The minimum atomic E-state index is -0.904. The average molecular weight is 516 g/mol. The van der Waals surface area contributed by atoms with Crippen LogP contribution in [0.5, 0.6) is 5.88 Å². The number of likely N-dealkylation sites (tertiary alicyclic amines) is 1. The van der Waals surface area contributed by atoms with E-state index < -0.39 is 5.97 Å². The van der Waals surface area contributed by atoms with Crippen molar-refractivity contribution >= 4 is 29.0 Å². The van der Waals surface area contributed by atoms with E-state index in [1.807, 2.05) is 24.5 Å². The fourth-order valence-electron chi connectivity index (χ4n) is 5.72. The summed E-state index contributed by atoms with van der Waals surface area (Å²) in [5, 5.41) is 16.6. The largest absolute Gasteiger partial charge is 0.478 e. The van der Waals surface area contributed by atoms with Crippen molar-refractivity contribution in [1.29, 1.82) is 0 Å². The van der Waals surface area contributed by atoms with Gasteiger partial charge >= 0.3 is 5.97 Å². The van der Waals surface area contributed by atoms with Gasteiger partial charge in [-0.3, -0.25) is 0 Å². The van der Waals surface area contributed by atoms with Crippen LogP contribution >= 0.6 is 0 Å². The van der Waals surface area contributed by atoms with Gasteiger partial charge in [0, 0.05) is 30.5 Å². The van der Waals surface area contributed by atoms with Gasteiger partial charge in [-0.1, -0.05) is 6.07 Å². The monoisotopic (exact) mass is 515 g/mol. The third kappa shape index (κ3) is 4.71. The van der Waals surface area contributed by atoms with E-state index in [1.165, 1.54) is 0 Å². The number of aromatic carboxylic acids is 1. The minimum Gasteiger partial charge on any atom is -0.478 e. The van der Waals surface area contributed by atoms with Gasteiger partial charge < -0.3 is 30.3 Å². The van der Waals surface area contributed by atoms with Gasteiger partial charge in [0.2, 0.25) is 11.8 Å². The predicted molar refractivity (Wildman–Crippen MR) is 146 cm³/mol. The summed E-state index contributed by atoms with van der Waals surface area (Å²) in [6, 6.07) is 5.60. The molecule has 0 amide bonds. The number of nitrogens with one attached hydrogen (secondary N) is 2. The van der Waals surface area contributed by atoms with Crippen molar-refractivity contribution in [3.05, 3.63) is 58.5 Å². The second-order valence-electron chi connectivity index (χ2n) is 10.4. The van der Waals surface area contributed by atoms with Crippen LogP contribution < -0.4 is 20.3 Å². The van der Waals surface area contributed by atoms with Crippen molar-refractivity contribution in [2.75, 3.05) is 55.4 Å². The predicted octanol–water partition coefficient (Wildman–Crippen LogP) is 3.80. The molecule has 0 bridgehead atoms. The van der Waals surface area contributed by atoms with Gasteiger partial charge in [0.1, 0.15) is 12.3 Å². The lowest BCUT2D eigenvalue weighted by Crippen LogP contribution is -2.32. The van der Waals surface area contributed by atoms with Crippen molar-refractivity contribution in [3.63, 3.8) is 0 Å². The molecule has 3 N–H and O–H groups in total. The molecule has 10 nitrogen and oxygen atoms in total. The van der Waals surface area contributed by atoms with Gasteiger partial charge in [0.05, 0.1) is 29.7 Å². The maximum atomic E-state index is 12.1. The smallest absolute Gasteiger partial charge is 0.336 e. The Balaban J connectivity index is 1.22. The van der Waals surface area contributed by atoms with Gasteiger partial charge in [-0.25, -0.2) is 19.7 Å². The van der Waals surface area contributed by atoms with Gasteiger partial charge in [-0.05, 0) is 75.5 Å². The first-order valence-corrected chi connectivity index (χ1v) is 13.2. The number of fused-ring (bicyclic) bond motifs is 2. The zero-order chi connectivity index (χ0) is 26.2. The van der Waals surface area contributed by atoms with Gasteiger partial charge in [0.25, 0.3) is 0 Å². The number of anilines is 4. The molecule has 1 fully saturated rings. The maximum Gasteiger partial charge on any atom is 0.336 e. The van der Waals surface area contributed by atoms with E-state index >= 15 is 0 Å². The Kier molecular flexibility index (Phi) is 6.49. The molecule has 0 unspecified atom stereocenters. The summed E-state index contributed by atoms with van der Waals surface area (Å²) >= 11 is 0. The molecule has 3 aliphatic rings. The second kappa shape index (κ2) is 10.1. The molecule has 3 aliphatic heterocycles. The number of hydrogen-bond acceptors (Lipinski definition) is 9. The Morgan fingerprint density at radius 2 is 2.03 bits per heavy atom. The minimum absolute atomic E-state index is 0.264. The van der Waals surface area contributed by atoms with E-state index in [2.05, 4.69) is 44.4 Å². The van der Waals surface area contributed by atoms with E-state index in [-0.39, 0.29) is 5.92 Å². The normalized spacial score (nSPS) is 17.7. The number of nitrogens with zero attached hydrogens (tertiary/aromatic N) is 5. The zero-order valence-corrected chi connectivity index (χ0v) is 21.8. The van der Waals surface area contributed by atoms with E-state index in [0.29, 0.717) is 36.2 Å². The molecule has 0 atom stereocenters. The van der Waals surface area contributed by atoms with Gasteiger partial charge in [-0.15, -0.1) is 0 Å². The fraction of sp³-hybridized carbons (Fsp3) is 0.429. The molecule has 0 saturated carbocycles. The Morgan fingerprint density at radius 3 is 2.84 bits per heavy atom. The number of carbonyl (C=O) groups is 1. The van der Waals surface area contributed by atoms with Gasteiger partial charge in [0.15, 0.2) is 0 Å². The molecule has 2 aromatic heterocycles. The van der Waals surface area contributed by atoms with E-state index in [1.54, 1.807) is 6.07 Å². The summed E-state index contributed by atoms with van der Waals surface area (Å²) < 4.78 is 5.68. The highest BCUT2D eigenvalue weighted by Crippen LogP contribution is 2.36. The highest BCUT2D eigenvalue weighted by atomic mass is 16.5. The zero-order valence-electron chi connectivity index (χ0n) is 21.8. The number of benzene rings is 1. The van der Waals surface area contributed by atoms with Crippen molar-refractivity contribution < 1.29 is 14.6 Å². The summed E-state index contributed by atoms with van der Waals surface area (Å²) in [5.41, 5.74) is 7.16. The quantitative estimate of drug-likeness (QED) is 0.463. The topological polar surface area (TPSA) is 116 Å². The molecule has 0 spiro atoms. The number of ether oxygens (including phenoxy) is 1. The fourth-order valence-corrected chi connectivity index (χ4v) is 5.72. The summed E-state index contributed by atoms with van der Waals surface area (Å²) in [6.45, 7) is 6.94. The van der Waals surface area contributed by atoms with Crippen LogP contribution in [0.15, 0.2) is 30.6 Å². The first kappa shape index (κ1) is 24.4. The molecule has 1 aromatic carbocycles. The van der Waals surface area contributed by atoms with Crippen molar-refractivity contribution in [2.24, 2.45) is 0 Å². The molecule has 5 heterocycles. The molecule has 6 rings (SSSR count). The van der Waals surface area contributed by atoms with Crippen LogP contribution in [0, 0.1) is 6.92 Å². The first-order valence-electron chi connectivity index (χ1n) is 13.2. The van der Waals surface area contributed by atoms with Gasteiger partial charge in [-0.2, -0.15) is 0 Å². The summed E-state index contributed by atoms with van der Waals surface area (Å²) in [4.78, 5) is 30.6. The average Bonchev–Trinajstić information content (AvgIpc) is 2.93. The lowest BCUT2D eigenvalue weighted by Gasteiger charge is -2.32. The number of carboxylic acids is 1. The third-order valence-corrected chi connectivity index (χ3v) is 7.90. The van der Waals surface area contributed by atoms with Crippen LogP contribution in [0.2, 0.25) is 0 Å². The standard InChI is InChI=1S/C28H33N7O3/c1-17-24(15-30-26-25(17)29-8-12-38-26)35-11-7-19-14-31-28(33-23(19)16-35)32-20-3-4-21(22(13-20)27(36)37)18-5-9-34(2)10-6-18/h3-4,13-15,18,29H,5-12,16H2,1-2H3,(H,36,37)(H,31,32,33). The maximum absolute atomic E-state index is 12.1. The molecule has 0 radical (unpaired) electrons. The van der Waals surface area contributed by atoms with Crippen LogP contribution in [0.1, 0.15) is 51.5 Å². The molecular formula is C28H33N7O3. The van der Waals surface area contributed by atoms with Crippen LogP contribution in [0.25, 0.3) is 0 Å². The molecule has 198 valence electrons. The Bertz CT molecular complexity index is 1370. The second-order valence-corrected chi connectivity index (χ2v) is 10.4. The summed E-state index contributed by atoms with van der Waals surface area (Å²) in [5.74, 6) is 0.481. The Labute approximate surface area is 222 Å². The Morgan fingerprint density at radius 1 is 1.18 bits per heavy atom. The number of piperidine rings is 1. The molecule has 3 aromatic rings. The van der Waals surface area contributed by atoms with E-state index in [9.17, 15) is 9.90 Å². The van der Waals surface area contributed by atoms with Crippen LogP contribution in [-0.2, 0) is 13.0 Å². The number of rotatable bonds is 5. The van der Waals surface area contributed by atoms with Crippen molar-refractivity contribution in [1.82, 2.24) is 19.9 Å². The van der Waals surface area contributed by atoms with Crippen LogP contribution in [0.3, 0.4) is 0 Å². The molecule has 10 heteroatoms. The third-order valence-electron chi connectivity index (χ3n) is 7.90. The Hall–Kier alpha value is -3.92. The van der Waals surface area contributed by atoms with Crippen molar-refractivity contribution in [3.8, 4) is 5.88 Å². The van der Waals surface area contributed by atoms with Crippen LogP contribution in [0.4, 0.5) is 23.0 Å². The lowest BCUT2D eigenvalue weighted by atomic mass is 9.86. The summed E-state index contributed by atoms with van der Waals surface area (Å²) in [6.07, 6.45) is 6.53. The lowest BCUT2D eigenvalue weighted by molar-refractivity contribution is 0.0694. The summed E-state index contributed by atoms with van der Waals surface area (Å²) in [7, 11) is 2.11. The highest BCUT2D eigenvalue weighted by molar-refractivity contribution is 5.91. The SMILES string of the molecule is Cc1c(N2CCc3cnc(Nc4ccc(C5CCN(C)CC5)c(C(=O)O)c4)nc3C2)cnc2c1NCCO2. The molecule has 38 heavy (non-hydrogen) atoms. The van der Waals surface area contributed by atoms with E-state index in [4.69, 9.17) is 9.72 Å². The van der Waals surface area contributed by atoms with Crippen LogP contribution in [-0.4, -0.2) is 70.8 Å². The molecule has 1 saturated heterocycles. The van der Waals surface area contributed by atoms with E-state index in [0.717, 1.165) is 79.2 Å². The first-order chi connectivity index (χ1) is 18.5. The number of hydrogen-bond donors (Lipinski definition) is 3. The number of aromatic nitrogens is 3. The van der Waals surface area contributed by atoms with Crippen molar-refractivity contribution in [2.45, 2.75) is 38.6 Å². The highest BCUT2D eigenvalue weighted by Gasteiger charge is 2.25.